The van der Waals surface area contributed by atoms with Crippen molar-refractivity contribution in [3.8, 4) is 0 Å². The Balaban J connectivity index is 4.90. The smallest absolute Gasteiger partial charge is 0.429 e. The van der Waals surface area contributed by atoms with Crippen molar-refractivity contribution < 1.29 is 46.1 Å². The lowest BCUT2D eigenvalue weighted by molar-refractivity contribution is -0.496. The van der Waals surface area contributed by atoms with Gasteiger partial charge < -0.3 is 14.9 Å². The van der Waals surface area contributed by atoms with E-state index in [1.54, 1.807) is 0 Å². The molecule has 0 saturated carbocycles. The Morgan fingerprint density at radius 3 is 1.47 bits per heavy atom. The molecular weight excluding hydrogens is 237 g/mol. The molecule has 0 unspecified atom stereocenters. The van der Waals surface area contributed by atoms with E-state index in [4.69, 9.17) is 0 Å². The van der Waals surface area contributed by atoms with Crippen LogP contribution in [-0.2, 0) is 9.69 Å². The van der Waals surface area contributed by atoms with Crippen LogP contribution in [0.25, 0.3) is 0 Å². The van der Waals surface area contributed by atoms with Crippen molar-refractivity contribution in [1.29, 1.82) is 0 Å². The molecule has 0 bridgehead atoms. The fourth-order valence-electron chi connectivity index (χ4n) is 0.391. The van der Waals surface area contributed by atoms with Crippen LogP contribution in [-0.4, -0.2) is 25.3 Å². The summed E-state index contributed by atoms with van der Waals surface area (Å²) in [6, 6.07) is 0. The minimum absolute atomic E-state index is 0.407. The van der Waals surface area contributed by atoms with Gasteiger partial charge in [0.05, 0.1) is 0 Å². The van der Waals surface area contributed by atoms with Gasteiger partial charge in [0.2, 0.25) is 0 Å². The third kappa shape index (κ3) is 3.22. The Bertz CT molecular complexity index is 198. The summed E-state index contributed by atoms with van der Waals surface area (Å²) in [4.78, 5) is 5.65. The Morgan fingerprint density at radius 2 is 1.27 bits per heavy atom. The number of hydrogen-bond donors (Lipinski definition) is 0. The highest BCUT2D eigenvalue weighted by atomic mass is 19.4. The molecule has 4 nitrogen and oxygen atoms in total. The van der Waals surface area contributed by atoms with Gasteiger partial charge in [-0.3, -0.25) is 0 Å². The average molecular weight is 240 g/mol. The van der Waals surface area contributed by atoms with Crippen molar-refractivity contribution in [2.45, 2.75) is 24.9 Å². The summed E-state index contributed by atoms with van der Waals surface area (Å²) in [7, 11) is -3.41. The third-order valence-electron chi connectivity index (χ3n) is 1.38. The van der Waals surface area contributed by atoms with Crippen LogP contribution in [0.1, 0.15) is 6.92 Å². The molecule has 0 aliphatic carbocycles. The van der Waals surface area contributed by atoms with E-state index in [0.29, 0.717) is 0 Å². The zero-order chi connectivity index (χ0) is 12.5. The number of halogens is 6. The minimum atomic E-state index is -5.87. The normalized spacial score (nSPS) is 14.2. The van der Waals surface area contributed by atoms with Gasteiger partial charge in [0, 0.05) is 0 Å². The highest BCUT2D eigenvalue weighted by Crippen LogP contribution is 2.45. The van der Waals surface area contributed by atoms with Crippen molar-refractivity contribution in [1.82, 2.24) is 0 Å². The van der Waals surface area contributed by atoms with E-state index in [2.05, 4.69) is 9.69 Å². The van der Waals surface area contributed by atoms with Gasteiger partial charge in [-0.1, -0.05) is 0 Å². The molecule has 90 valence electrons. The lowest BCUT2D eigenvalue weighted by Crippen LogP contribution is -2.59. The summed E-state index contributed by atoms with van der Waals surface area (Å²) in [6.45, 7) is -0.407. The Labute approximate surface area is 79.5 Å². The molecule has 15 heavy (non-hydrogen) atoms. The van der Waals surface area contributed by atoms with Gasteiger partial charge in [0.1, 0.15) is 7.32 Å². The highest BCUT2D eigenvalue weighted by Gasteiger charge is 2.70. The van der Waals surface area contributed by atoms with Crippen molar-refractivity contribution in [3.05, 3.63) is 0 Å². The zero-order valence-electron chi connectivity index (χ0n) is 6.98. The molecule has 11 heteroatoms. The predicted molar refractivity (Wildman–Crippen MR) is 28.4 cm³/mol. The molecule has 0 aliphatic rings. The third-order valence-corrected chi connectivity index (χ3v) is 1.38. The maximum absolute atomic E-state index is 11.9. The average Bonchev–Trinajstić information content (AvgIpc) is 1.95. The van der Waals surface area contributed by atoms with Crippen LogP contribution in [0, 0.1) is 0 Å². The molecule has 0 aromatic rings. The Kier molecular flexibility index (Phi) is 4.01. The number of alkyl halides is 6. The quantitative estimate of drug-likeness (QED) is 0.289. The maximum atomic E-state index is 11.9. The topological polar surface area (TPSA) is 64.6 Å². The second-order valence-corrected chi connectivity index (χ2v) is 2.50. The predicted octanol–water partition coefficient (Wildman–Crippen LogP) is -0.477. The van der Waals surface area contributed by atoms with Crippen LogP contribution in [0.5, 0.6) is 0 Å². The Morgan fingerprint density at radius 1 is 0.933 bits per heavy atom. The molecule has 0 fully saturated rings. The van der Waals surface area contributed by atoms with Crippen molar-refractivity contribution in [3.63, 3.8) is 0 Å². The summed E-state index contributed by atoms with van der Waals surface area (Å²) in [5, 5.41) is 19.2. The van der Waals surface area contributed by atoms with Gasteiger partial charge in [0.25, 0.3) is 5.60 Å². The first kappa shape index (κ1) is 14.5. The first-order valence-electron chi connectivity index (χ1n) is 3.21. The SMILES string of the molecule is CC(OOB([O-])[O-])(C(F)(F)F)C(F)(F)F. The maximum Gasteiger partial charge on any atom is 0.429 e. The number of rotatable bonds is 3. The van der Waals surface area contributed by atoms with Crippen LogP contribution in [0.2, 0.25) is 0 Å². The van der Waals surface area contributed by atoms with Gasteiger partial charge >= 0.3 is 12.4 Å². The summed E-state index contributed by atoms with van der Waals surface area (Å²) in [6.07, 6.45) is -11.7. The van der Waals surface area contributed by atoms with E-state index in [-0.39, 0.29) is 0 Å². The lowest BCUT2D eigenvalue weighted by Gasteiger charge is -2.36. The molecule has 0 saturated heterocycles. The summed E-state index contributed by atoms with van der Waals surface area (Å²) >= 11 is 0. The molecule has 0 amide bonds. The van der Waals surface area contributed by atoms with Gasteiger partial charge in [-0.2, -0.15) is 26.3 Å². The molecule has 0 heterocycles. The highest BCUT2D eigenvalue weighted by molar-refractivity contribution is 6.27. The lowest BCUT2D eigenvalue weighted by atomic mass is 10.1. The van der Waals surface area contributed by atoms with Crippen LogP contribution in [0.15, 0.2) is 0 Å². The van der Waals surface area contributed by atoms with E-state index < -0.39 is 32.2 Å². The van der Waals surface area contributed by atoms with Crippen LogP contribution in [0.3, 0.4) is 0 Å². The molecular formula is C4H3BF6O4-2. The van der Waals surface area contributed by atoms with E-state index in [1.165, 1.54) is 0 Å². The van der Waals surface area contributed by atoms with E-state index >= 15 is 0 Å². The molecule has 0 rings (SSSR count). The van der Waals surface area contributed by atoms with E-state index in [1.807, 2.05) is 0 Å². The fraction of sp³-hybridized carbons (Fsp3) is 1.00. The summed E-state index contributed by atoms with van der Waals surface area (Å²) in [5.74, 6) is 0. The molecule has 0 radical (unpaired) electrons. The van der Waals surface area contributed by atoms with Crippen LogP contribution in [0.4, 0.5) is 26.3 Å². The van der Waals surface area contributed by atoms with Gasteiger partial charge in [0.15, 0.2) is 0 Å². The summed E-state index contributed by atoms with van der Waals surface area (Å²) < 4.78 is 71.5. The van der Waals surface area contributed by atoms with Gasteiger partial charge in [-0.15, -0.1) is 0 Å². The minimum Gasteiger partial charge on any atom is -0.868 e. The molecule has 0 aromatic carbocycles. The first-order chi connectivity index (χ1) is 6.42. The Hall–Kier alpha value is -0.515. The van der Waals surface area contributed by atoms with Crippen molar-refractivity contribution in [2.24, 2.45) is 0 Å². The van der Waals surface area contributed by atoms with Crippen molar-refractivity contribution >= 4 is 7.32 Å². The van der Waals surface area contributed by atoms with Gasteiger partial charge in [-0.25, -0.2) is 4.89 Å². The summed E-state index contributed by atoms with van der Waals surface area (Å²) in [5.41, 5.74) is -4.72. The second-order valence-electron chi connectivity index (χ2n) is 2.50. The first-order valence-corrected chi connectivity index (χ1v) is 3.21. The fourth-order valence-corrected chi connectivity index (χ4v) is 0.391. The van der Waals surface area contributed by atoms with Gasteiger partial charge in [-0.05, 0) is 6.92 Å². The molecule has 0 atom stereocenters. The van der Waals surface area contributed by atoms with Crippen molar-refractivity contribution in [2.75, 3.05) is 0 Å². The molecule has 0 N–H and O–H groups in total. The van der Waals surface area contributed by atoms with Crippen LogP contribution < -0.4 is 10.0 Å². The number of hydrogen-bond acceptors (Lipinski definition) is 4. The van der Waals surface area contributed by atoms with E-state index in [0.717, 1.165) is 0 Å². The molecule has 0 spiro atoms. The molecule has 0 aliphatic heterocycles. The van der Waals surface area contributed by atoms with Crippen LogP contribution >= 0.6 is 0 Å². The van der Waals surface area contributed by atoms with E-state index in [9.17, 15) is 36.4 Å². The standard InChI is InChI=1S/C4H3BF6O4/c1-2(3(6,7)8,4(9,10)11)14-15-5(12)13/h1H3/q-2. The second kappa shape index (κ2) is 4.16. The zero-order valence-corrected chi connectivity index (χ0v) is 6.98. The largest absolute Gasteiger partial charge is 0.868 e. The monoisotopic (exact) mass is 240 g/mol. The molecule has 0 aromatic heterocycles.